The first kappa shape index (κ1) is 26.6. The molecular weight excluding hydrogens is 604 g/mol. The zero-order valence-corrected chi connectivity index (χ0v) is 25.6. The number of hydrogen-bond donors (Lipinski definition) is 0. The van der Waals surface area contributed by atoms with Crippen LogP contribution in [-0.4, -0.2) is 0 Å². The fraction of sp³-hybridized carbons (Fsp3) is 0.243. The van der Waals surface area contributed by atoms with Crippen LogP contribution in [0.4, 0.5) is 0 Å². The summed E-state index contributed by atoms with van der Waals surface area (Å²) >= 11 is 0. The molecule has 10 rings (SSSR count). The highest BCUT2D eigenvalue weighted by Gasteiger charge is 2.56. The molecule has 0 fully saturated rings. The summed E-state index contributed by atoms with van der Waals surface area (Å²) < 4.78 is 34.8. The van der Waals surface area contributed by atoms with E-state index in [2.05, 4.69) is 27.7 Å². The van der Waals surface area contributed by atoms with E-state index in [-0.39, 0.29) is 32.4 Å². The lowest BCUT2D eigenvalue weighted by Gasteiger charge is -2.30. The second-order valence-electron chi connectivity index (χ2n) is 14.3. The Labute approximate surface area is 261 Å². The minimum atomic E-state index is -0.711. The number of fused-ring (bicyclic) bond motifs is 10. The summed E-state index contributed by atoms with van der Waals surface area (Å²) in [4.78, 5) is 48.8. The fourth-order valence-electron chi connectivity index (χ4n) is 8.62. The molecule has 1 spiro atoms. The number of benzene rings is 4. The van der Waals surface area contributed by atoms with E-state index >= 15 is 0 Å². The van der Waals surface area contributed by atoms with Crippen molar-refractivity contribution >= 4 is 66.2 Å². The van der Waals surface area contributed by atoms with E-state index in [1.54, 1.807) is 0 Å². The van der Waals surface area contributed by atoms with Gasteiger partial charge in [-0.05, 0) is 70.2 Å². The van der Waals surface area contributed by atoms with Gasteiger partial charge >= 0.3 is 22.5 Å². The molecule has 0 unspecified atom stereocenters. The van der Waals surface area contributed by atoms with Gasteiger partial charge < -0.3 is 26.5 Å². The predicted molar refractivity (Wildman–Crippen MR) is 173 cm³/mol. The van der Waals surface area contributed by atoms with Crippen molar-refractivity contribution in [2.75, 3.05) is 0 Å². The second kappa shape index (κ2) is 8.01. The minimum absolute atomic E-state index is 0.146. The summed E-state index contributed by atoms with van der Waals surface area (Å²) in [5.74, 6) is 0. The van der Waals surface area contributed by atoms with Gasteiger partial charge in [0.25, 0.3) is 0 Å². The van der Waals surface area contributed by atoms with E-state index in [9.17, 15) is 19.2 Å². The summed E-state index contributed by atoms with van der Waals surface area (Å²) in [6.45, 7) is 8.89. The molecule has 47 heavy (non-hydrogen) atoms. The third kappa shape index (κ3) is 3.29. The van der Waals surface area contributed by atoms with Crippen molar-refractivity contribution in [2.45, 2.75) is 56.8 Å². The molecule has 0 bridgehead atoms. The topological polar surface area (TPSA) is 147 Å². The van der Waals surface area contributed by atoms with E-state index in [4.69, 9.17) is 26.5 Å². The third-order valence-electron chi connectivity index (χ3n) is 10.4. The average molecular weight is 629 g/mol. The van der Waals surface area contributed by atoms with Crippen LogP contribution in [0.25, 0.3) is 66.2 Å². The van der Waals surface area contributed by atoms with Crippen molar-refractivity contribution in [1.82, 2.24) is 0 Å². The molecule has 10 heteroatoms. The van der Waals surface area contributed by atoms with Gasteiger partial charge in [0, 0.05) is 29.7 Å². The van der Waals surface area contributed by atoms with Crippen LogP contribution in [0.5, 0.6) is 0 Å². The van der Waals surface area contributed by atoms with Crippen LogP contribution < -0.4 is 22.5 Å². The highest BCUT2D eigenvalue weighted by Crippen LogP contribution is 2.63. The van der Waals surface area contributed by atoms with Crippen molar-refractivity contribution in [2.24, 2.45) is 0 Å². The lowest BCUT2D eigenvalue weighted by molar-refractivity contribution is 0.349. The van der Waals surface area contributed by atoms with Gasteiger partial charge in [0.2, 0.25) is 0 Å². The quantitative estimate of drug-likeness (QED) is 0.157. The zero-order chi connectivity index (χ0) is 32.4. The molecule has 10 nitrogen and oxygen atoms in total. The molecule has 232 valence electrons. The highest BCUT2D eigenvalue weighted by molar-refractivity contribution is 5.95. The molecule has 0 saturated carbocycles. The zero-order valence-electron chi connectivity index (χ0n) is 25.6. The van der Waals surface area contributed by atoms with Crippen LogP contribution in [0.2, 0.25) is 0 Å². The van der Waals surface area contributed by atoms with Crippen LogP contribution in [0.1, 0.15) is 62.8 Å². The first-order chi connectivity index (χ1) is 22.3. The van der Waals surface area contributed by atoms with Crippen molar-refractivity contribution in [3.63, 3.8) is 0 Å². The van der Waals surface area contributed by atoms with Crippen molar-refractivity contribution in [3.8, 4) is 0 Å². The van der Waals surface area contributed by atoms with Gasteiger partial charge in [-0.25, -0.2) is 19.2 Å². The normalized spacial score (nSPS) is 17.6. The second-order valence-corrected chi connectivity index (χ2v) is 14.3. The minimum Gasteiger partial charge on any atom is -0.449 e. The Morgan fingerprint density at radius 2 is 0.638 bits per heavy atom. The Bertz CT molecular complexity index is 2800. The smallest absolute Gasteiger partial charge is 0.347 e. The SMILES string of the molecule is CC1(C)CC2(CC(C)(C)c3cc4oc5cc6c(=O)oc(=O)c6cc5oc4cc32)c2cc3oc4cc5c(=O)oc(=O)c5cc4oc3cc21. The first-order valence-corrected chi connectivity index (χ1v) is 15.3. The van der Waals surface area contributed by atoms with Crippen LogP contribution in [-0.2, 0) is 16.2 Å². The number of furan rings is 2. The molecule has 0 radical (unpaired) electrons. The average Bonchev–Trinajstić information content (AvgIpc) is 3.61. The molecule has 2 aliphatic rings. The van der Waals surface area contributed by atoms with Gasteiger partial charge in [0.15, 0.2) is 44.7 Å². The fourth-order valence-corrected chi connectivity index (χ4v) is 8.62. The van der Waals surface area contributed by atoms with E-state index in [0.29, 0.717) is 44.7 Å². The first-order valence-electron chi connectivity index (χ1n) is 15.3. The molecular formula is C37H24O10. The number of rotatable bonds is 0. The van der Waals surface area contributed by atoms with Crippen molar-refractivity contribution in [1.29, 1.82) is 0 Å². The van der Waals surface area contributed by atoms with Crippen molar-refractivity contribution in [3.05, 3.63) is 112 Å². The maximum atomic E-state index is 12.2. The Hall–Kier alpha value is -5.64. The Balaban J connectivity index is 1.23. The molecule has 8 aromatic rings. The lowest BCUT2D eigenvalue weighted by atomic mass is 9.72. The maximum absolute atomic E-state index is 12.2. The number of hydrogen-bond acceptors (Lipinski definition) is 10. The summed E-state index contributed by atoms with van der Waals surface area (Å²) in [5, 5.41) is 0.600. The summed E-state index contributed by atoms with van der Waals surface area (Å²) in [6, 6.07) is 14.1. The van der Waals surface area contributed by atoms with Crippen molar-refractivity contribution < 1.29 is 26.5 Å². The van der Waals surface area contributed by atoms with Gasteiger partial charge in [-0.3, -0.25) is 0 Å². The summed E-state index contributed by atoms with van der Waals surface area (Å²) in [6.07, 6.45) is 1.63. The maximum Gasteiger partial charge on any atom is 0.347 e. The summed E-state index contributed by atoms with van der Waals surface area (Å²) in [5.41, 5.74) is 4.19. The largest absolute Gasteiger partial charge is 0.449 e. The summed E-state index contributed by atoms with van der Waals surface area (Å²) in [7, 11) is 0. The molecule has 4 aromatic heterocycles. The Kier molecular flexibility index (Phi) is 4.53. The predicted octanol–water partition coefficient (Wildman–Crippen LogP) is 7.25. The molecule has 4 heterocycles. The van der Waals surface area contributed by atoms with E-state index < -0.39 is 27.9 Å². The monoisotopic (exact) mass is 628 g/mol. The van der Waals surface area contributed by atoms with Gasteiger partial charge in [0.05, 0.1) is 21.5 Å². The van der Waals surface area contributed by atoms with Crippen LogP contribution in [0.15, 0.2) is 94.2 Å². The highest BCUT2D eigenvalue weighted by atomic mass is 16.4. The van der Waals surface area contributed by atoms with Gasteiger partial charge in [-0.2, -0.15) is 0 Å². The molecule has 0 amide bonds. The molecule has 2 aliphatic carbocycles. The standard InChI is InChI=1S/C37H24O10/c1-35(2)13-37(21-11-29-27(9-19(21)35)42-23-5-15-17(7-25(23)44-29)33(40)46-31(15)38)14-36(3,4)20-10-28-30(12-22(20)37)45-26-8-18-16(6-24(26)43-28)32(39)47-34(18)41/h5-12H,13-14H2,1-4H3. The van der Waals surface area contributed by atoms with Crippen LogP contribution in [0.3, 0.4) is 0 Å². The van der Waals surface area contributed by atoms with Gasteiger partial charge in [-0.1, -0.05) is 27.7 Å². The third-order valence-corrected chi connectivity index (χ3v) is 10.4. The van der Waals surface area contributed by atoms with Gasteiger partial charge in [-0.15, -0.1) is 0 Å². The van der Waals surface area contributed by atoms with E-state index in [1.165, 1.54) is 24.3 Å². The molecule has 4 aromatic carbocycles. The van der Waals surface area contributed by atoms with E-state index in [0.717, 1.165) is 35.1 Å². The van der Waals surface area contributed by atoms with Crippen LogP contribution in [0, 0.1) is 0 Å². The molecule has 0 atom stereocenters. The molecule has 0 N–H and O–H groups in total. The van der Waals surface area contributed by atoms with E-state index in [1.807, 2.05) is 24.3 Å². The Morgan fingerprint density at radius 3 is 0.936 bits per heavy atom. The molecule has 0 saturated heterocycles. The van der Waals surface area contributed by atoms with Crippen LogP contribution >= 0.6 is 0 Å². The van der Waals surface area contributed by atoms with Gasteiger partial charge in [0.1, 0.15) is 0 Å². The lowest BCUT2D eigenvalue weighted by Crippen LogP contribution is -2.26. The molecule has 0 aliphatic heterocycles. The Morgan fingerprint density at radius 1 is 0.383 bits per heavy atom.